The molecule has 0 saturated heterocycles. The van der Waals surface area contributed by atoms with Crippen LogP contribution in [-0.4, -0.2) is 56.1 Å². The molecule has 4 heteroatoms. The molecule has 0 amide bonds. The molecule has 1 heterocycles. The number of hydrogen-bond acceptors (Lipinski definition) is 2. The van der Waals surface area contributed by atoms with Gasteiger partial charge in [0.2, 0.25) is 0 Å². The van der Waals surface area contributed by atoms with Crippen molar-refractivity contribution in [3.05, 3.63) is 5.91 Å². The Morgan fingerprint density at radius 1 is 1.00 bits per heavy atom. The van der Waals surface area contributed by atoms with Gasteiger partial charge in [0.1, 0.15) is 0 Å². The van der Waals surface area contributed by atoms with Crippen molar-refractivity contribution in [1.29, 1.82) is 0 Å². The first-order valence-corrected chi connectivity index (χ1v) is 6.71. The summed E-state index contributed by atoms with van der Waals surface area (Å²) in [6, 6.07) is 0. The maximum atomic E-state index is 2.02. The van der Waals surface area contributed by atoms with Gasteiger partial charge in [-0.25, -0.2) is 0 Å². The summed E-state index contributed by atoms with van der Waals surface area (Å²) in [5.74, 6) is 2.64. The zero-order valence-electron chi connectivity index (χ0n) is 4.13. The molecule has 0 aromatic heterocycles. The molecule has 8 heavy (non-hydrogen) atoms. The van der Waals surface area contributed by atoms with E-state index in [1.54, 1.807) is 5.91 Å². The molecule has 1 aliphatic rings. The third kappa shape index (κ3) is 2.33. The second kappa shape index (κ2) is 4.01. The minimum atomic E-state index is 1.32. The first-order chi connectivity index (χ1) is 3.80. The molecule has 0 spiro atoms. The number of rotatable bonds is 0. The van der Waals surface area contributed by atoms with Crippen molar-refractivity contribution in [1.82, 2.24) is 0 Å². The molecule has 0 aliphatic carbocycles. The van der Waals surface area contributed by atoms with Gasteiger partial charge in [0.05, 0.1) is 0 Å². The van der Waals surface area contributed by atoms with Gasteiger partial charge in [-0.05, 0) is 0 Å². The second-order valence-corrected chi connectivity index (χ2v) is 7.88. The van der Waals surface area contributed by atoms with Crippen molar-refractivity contribution < 1.29 is 0 Å². The van der Waals surface area contributed by atoms with Crippen molar-refractivity contribution >= 4 is 68.1 Å². The number of thioether (sulfide) groups is 2. The Kier molecular flexibility index (Phi) is 4.07. The fourth-order valence-electron chi connectivity index (χ4n) is 0.400. The van der Waals surface area contributed by atoms with Gasteiger partial charge in [-0.3, -0.25) is 0 Å². The topological polar surface area (TPSA) is 0 Å². The normalized spacial score (nSPS) is 21.8. The summed E-state index contributed by atoms with van der Waals surface area (Å²) in [4.78, 5) is 0. The van der Waals surface area contributed by atoms with E-state index in [0.717, 1.165) is 0 Å². The summed E-state index contributed by atoms with van der Waals surface area (Å²) in [6.45, 7) is 0. The van der Waals surface area contributed by atoms with Crippen LogP contribution in [0, 0.1) is 0 Å². The first kappa shape index (κ1) is 8.12. The van der Waals surface area contributed by atoms with Crippen LogP contribution in [-0.2, 0) is 0 Å². The number of hydrogen-bond donors (Lipinski definition) is 0. The molecular weight excluding hydrogens is 367 g/mol. The van der Waals surface area contributed by atoms with Crippen LogP contribution < -0.4 is 0 Å². The molecule has 0 unspecified atom stereocenters. The summed E-state index contributed by atoms with van der Waals surface area (Å²) in [5, 5.41) is 0. The van der Waals surface area contributed by atoms with Gasteiger partial charge in [-0.2, -0.15) is 0 Å². The molecule has 0 aromatic carbocycles. The Bertz CT molecular complexity index is 107. The van der Waals surface area contributed by atoms with Crippen LogP contribution >= 0.6 is 23.5 Å². The van der Waals surface area contributed by atoms with E-state index in [9.17, 15) is 0 Å². The SMILES string of the molecule is [TeH]C1=C([TeH])SCCS1. The van der Waals surface area contributed by atoms with Crippen LogP contribution in [0.15, 0.2) is 5.91 Å². The molecular formula is C4H6S2Te2. The average Bonchev–Trinajstić information content (AvgIpc) is 1.77. The van der Waals surface area contributed by atoms with Gasteiger partial charge in [0.25, 0.3) is 0 Å². The molecule has 0 atom stereocenters. The first-order valence-electron chi connectivity index (χ1n) is 2.18. The third-order valence-electron chi connectivity index (χ3n) is 0.744. The molecule has 1 rings (SSSR count). The van der Waals surface area contributed by atoms with E-state index in [1.807, 2.05) is 68.1 Å². The van der Waals surface area contributed by atoms with Crippen LogP contribution in [0.3, 0.4) is 0 Å². The fourth-order valence-corrected chi connectivity index (χ4v) is 4.72. The van der Waals surface area contributed by atoms with Crippen molar-refractivity contribution in [3.63, 3.8) is 0 Å². The molecule has 0 N–H and O–H groups in total. The third-order valence-corrected chi connectivity index (χ3v) is 8.86. The Morgan fingerprint density at radius 3 is 1.62 bits per heavy atom. The van der Waals surface area contributed by atoms with E-state index in [-0.39, 0.29) is 0 Å². The van der Waals surface area contributed by atoms with E-state index < -0.39 is 0 Å². The summed E-state index contributed by atoms with van der Waals surface area (Å²) in [5.41, 5.74) is 0. The molecule has 0 aromatic rings. The Hall–Kier alpha value is 2.02. The van der Waals surface area contributed by atoms with E-state index in [1.165, 1.54) is 11.5 Å². The van der Waals surface area contributed by atoms with Crippen LogP contribution in [0.4, 0.5) is 0 Å². The van der Waals surface area contributed by atoms with Gasteiger partial charge in [-0.1, -0.05) is 0 Å². The van der Waals surface area contributed by atoms with Crippen LogP contribution in [0.25, 0.3) is 0 Å². The van der Waals surface area contributed by atoms with Crippen LogP contribution in [0.5, 0.6) is 0 Å². The van der Waals surface area contributed by atoms with E-state index in [4.69, 9.17) is 0 Å². The average molecular weight is 373 g/mol. The van der Waals surface area contributed by atoms with E-state index in [2.05, 4.69) is 0 Å². The van der Waals surface area contributed by atoms with Crippen LogP contribution in [0.1, 0.15) is 0 Å². The van der Waals surface area contributed by atoms with Crippen molar-refractivity contribution in [2.24, 2.45) is 0 Å². The van der Waals surface area contributed by atoms with Crippen molar-refractivity contribution in [2.45, 2.75) is 0 Å². The predicted octanol–water partition coefficient (Wildman–Crippen LogP) is 0.395. The second-order valence-electron chi connectivity index (χ2n) is 1.31. The molecule has 1 aliphatic heterocycles. The van der Waals surface area contributed by atoms with Crippen molar-refractivity contribution in [3.8, 4) is 0 Å². The van der Waals surface area contributed by atoms with Gasteiger partial charge in [0, 0.05) is 0 Å². The fraction of sp³-hybridized carbons (Fsp3) is 0.500. The van der Waals surface area contributed by atoms with Gasteiger partial charge in [0.15, 0.2) is 0 Å². The summed E-state index contributed by atoms with van der Waals surface area (Å²) in [7, 11) is 0. The summed E-state index contributed by atoms with van der Waals surface area (Å²) >= 11 is 7.79. The van der Waals surface area contributed by atoms with E-state index >= 15 is 0 Å². The van der Waals surface area contributed by atoms with Gasteiger partial charge >= 0.3 is 85.5 Å². The zero-order valence-corrected chi connectivity index (χ0v) is 10.9. The minimum absolute atomic E-state index is 1.32. The zero-order chi connectivity index (χ0) is 5.98. The summed E-state index contributed by atoms with van der Waals surface area (Å²) < 4.78 is 3.17. The summed E-state index contributed by atoms with van der Waals surface area (Å²) in [6.07, 6.45) is 0. The standard InChI is InChI=1S/C4H6S2Te2/c7-3-4(8)6-2-1-5-3/h7-8H,1-2H2. The molecule has 0 saturated carbocycles. The molecule has 0 nitrogen and oxygen atoms in total. The van der Waals surface area contributed by atoms with Gasteiger partial charge in [-0.15, -0.1) is 0 Å². The Balaban J connectivity index is 2.60. The van der Waals surface area contributed by atoms with E-state index in [0.29, 0.717) is 0 Å². The molecule has 0 fully saturated rings. The molecule has 0 bridgehead atoms. The molecule has 0 radical (unpaired) electrons. The quantitative estimate of drug-likeness (QED) is 0.564. The maximum absolute atomic E-state index is 2.02. The Labute approximate surface area is 84.4 Å². The Morgan fingerprint density at radius 2 is 1.38 bits per heavy atom. The van der Waals surface area contributed by atoms with Crippen molar-refractivity contribution in [2.75, 3.05) is 11.5 Å². The molecule has 46 valence electrons. The predicted molar refractivity (Wildman–Crippen MR) is 46.2 cm³/mol. The van der Waals surface area contributed by atoms with Crippen LogP contribution in [0.2, 0.25) is 0 Å². The van der Waals surface area contributed by atoms with Gasteiger partial charge < -0.3 is 0 Å². The monoisotopic (exact) mass is 378 g/mol.